The summed E-state index contributed by atoms with van der Waals surface area (Å²) < 4.78 is 10.2. The molecule has 1 saturated heterocycles. The number of nitrogens with zero attached hydrogens (tertiary/aromatic N) is 1. The lowest BCUT2D eigenvalue weighted by Crippen LogP contribution is -2.45. The normalized spacial score (nSPS) is 17.1. The van der Waals surface area contributed by atoms with Crippen molar-refractivity contribution in [3.63, 3.8) is 0 Å². The van der Waals surface area contributed by atoms with Gasteiger partial charge in [-0.2, -0.15) is 0 Å². The Morgan fingerprint density at radius 3 is 2.52 bits per heavy atom. The van der Waals surface area contributed by atoms with Crippen LogP contribution in [0.2, 0.25) is 0 Å². The van der Waals surface area contributed by atoms with Crippen LogP contribution in [0.25, 0.3) is 0 Å². The molecule has 0 aromatic heterocycles. The van der Waals surface area contributed by atoms with E-state index in [-0.39, 0.29) is 12.1 Å². The molecule has 2 amide bonds. The van der Waals surface area contributed by atoms with E-state index in [1.807, 2.05) is 19.1 Å². The van der Waals surface area contributed by atoms with E-state index in [0.29, 0.717) is 12.5 Å². The van der Waals surface area contributed by atoms with Crippen LogP contribution in [0.15, 0.2) is 24.3 Å². The summed E-state index contributed by atoms with van der Waals surface area (Å²) in [6.45, 7) is 6.30. The zero-order chi connectivity index (χ0) is 18.1. The Morgan fingerprint density at radius 1 is 1.24 bits per heavy atom. The van der Waals surface area contributed by atoms with Gasteiger partial charge in [-0.1, -0.05) is 12.1 Å². The average molecular weight is 349 g/mol. The van der Waals surface area contributed by atoms with Gasteiger partial charge in [0.2, 0.25) is 0 Å². The molecule has 25 heavy (non-hydrogen) atoms. The van der Waals surface area contributed by atoms with E-state index in [9.17, 15) is 4.79 Å². The average Bonchev–Trinajstić information content (AvgIpc) is 2.62. The second kappa shape index (κ2) is 10.3. The lowest BCUT2D eigenvalue weighted by atomic mass is 9.96. The van der Waals surface area contributed by atoms with Crippen molar-refractivity contribution in [1.29, 1.82) is 0 Å². The maximum absolute atomic E-state index is 11.8. The van der Waals surface area contributed by atoms with Gasteiger partial charge in [0, 0.05) is 20.2 Å². The van der Waals surface area contributed by atoms with Crippen molar-refractivity contribution in [2.24, 2.45) is 5.92 Å². The first-order valence-electron chi connectivity index (χ1n) is 8.99. The summed E-state index contributed by atoms with van der Waals surface area (Å²) in [5, 5.41) is 5.86. The van der Waals surface area contributed by atoms with Crippen molar-refractivity contribution in [2.45, 2.75) is 32.4 Å². The maximum atomic E-state index is 11.8. The van der Waals surface area contributed by atoms with Crippen molar-refractivity contribution in [1.82, 2.24) is 15.5 Å². The lowest BCUT2D eigenvalue weighted by molar-refractivity contribution is 0.166. The maximum Gasteiger partial charge on any atom is 0.315 e. The van der Waals surface area contributed by atoms with E-state index in [1.54, 1.807) is 14.2 Å². The quantitative estimate of drug-likeness (QED) is 0.756. The zero-order valence-electron chi connectivity index (χ0n) is 15.6. The van der Waals surface area contributed by atoms with Gasteiger partial charge >= 0.3 is 6.03 Å². The fourth-order valence-corrected chi connectivity index (χ4v) is 3.14. The molecule has 1 aromatic carbocycles. The topological polar surface area (TPSA) is 62.8 Å². The Labute approximate surface area is 150 Å². The Bertz CT molecular complexity index is 513. The highest BCUT2D eigenvalue weighted by Crippen LogP contribution is 2.19. The number of carbonyl (C=O) groups is 1. The van der Waals surface area contributed by atoms with Crippen LogP contribution < -0.4 is 15.4 Å². The number of carbonyl (C=O) groups excluding carboxylic acids is 1. The van der Waals surface area contributed by atoms with E-state index < -0.39 is 0 Å². The van der Waals surface area contributed by atoms with Gasteiger partial charge in [-0.05, 0) is 56.5 Å². The molecule has 0 spiro atoms. The van der Waals surface area contributed by atoms with E-state index in [0.717, 1.165) is 44.8 Å². The minimum absolute atomic E-state index is 0.0244. The summed E-state index contributed by atoms with van der Waals surface area (Å²) in [6, 6.07) is 8.18. The fourth-order valence-electron chi connectivity index (χ4n) is 3.14. The van der Waals surface area contributed by atoms with Crippen LogP contribution >= 0.6 is 0 Å². The highest BCUT2D eigenvalue weighted by atomic mass is 16.5. The lowest BCUT2D eigenvalue weighted by Gasteiger charge is -2.32. The van der Waals surface area contributed by atoms with Crippen LogP contribution in [0.3, 0.4) is 0 Å². The van der Waals surface area contributed by atoms with E-state index in [2.05, 4.69) is 27.7 Å². The molecule has 1 aliphatic heterocycles. The SMILES string of the molecule is COC[C@@H](C)NC(=O)NCC1CCN(Cc2ccc(OC)cc2)CC1. The van der Waals surface area contributed by atoms with Crippen molar-refractivity contribution < 1.29 is 14.3 Å². The number of hydrogen-bond acceptors (Lipinski definition) is 4. The molecular weight excluding hydrogens is 318 g/mol. The van der Waals surface area contributed by atoms with Crippen LogP contribution in [-0.2, 0) is 11.3 Å². The molecule has 2 N–H and O–H groups in total. The first-order valence-corrected chi connectivity index (χ1v) is 8.99. The summed E-state index contributed by atoms with van der Waals surface area (Å²) in [7, 11) is 3.32. The van der Waals surface area contributed by atoms with E-state index >= 15 is 0 Å². The number of ether oxygens (including phenoxy) is 2. The molecule has 2 rings (SSSR count). The second-order valence-electron chi connectivity index (χ2n) is 6.78. The van der Waals surface area contributed by atoms with Gasteiger partial charge in [0.1, 0.15) is 5.75 Å². The number of nitrogens with one attached hydrogen (secondary N) is 2. The van der Waals surface area contributed by atoms with Crippen LogP contribution in [0, 0.1) is 5.92 Å². The minimum Gasteiger partial charge on any atom is -0.497 e. The summed E-state index contributed by atoms with van der Waals surface area (Å²) in [4.78, 5) is 14.3. The standard InChI is InChI=1S/C19H31N3O3/c1-15(14-24-2)21-19(23)20-12-16-8-10-22(11-9-16)13-17-4-6-18(25-3)7-5-17/h4-7,15-16H,8-14H2,1-3H3,(H2,20,21,23)/t15-/m1/s1. The van der Waals surface area contributed by atoms with Gasteiger partial charge in [0.25, 0.3) is 0 Å². The number of rotatable bonds is 8. The van der Waals surface area contributed by atoms with Gasteiger partial charge < -0.3 is 20.1 Å². The molecule has 6 heteroatoms. The molecule has 0 unspecified atom stereocenters. The van der Waals surface area contributed by atoms with Gasteiger partial charge in [-0.3, -0.25) is 4.90 Å². The third-order valence-corrected chi connectivity index (χ3v) is 4.62. The molecule has 6 nitrogen and oxygen atoms in total. The summed E-state index contributed by atoms with van der Waals surface area (Å²) >= 11 is 0. The Balaban J connectivity index is 1.64. The number of benzene rings is 1. The smallest absolute Gasteiger partial charge is 0.315 e. The monoisotopic (exact) mass is 349 g/mol. The van der Waals surface area contributed by atoms with Crippen molar-refractivity contribution in [3.8, 4) is 5.75 Å². The predicted molar refractivity (Wildman–Crippen MR) is 98.9 cm³/mol. The number of piperidine rings is 1. The van der Waals surface area contributed by atoms with E-state index in [4.69, 9.17) is 9.47 Å². The molecule has 1 atom stereocenters. The summed E-state index contributed by atoms with van der Waals surface area (Å²) in [5.41, 5.74) is 1.31. The number of urea groups is 1. The van der Waals surface area contributed by atoms with Gasteiger partial charge in [-0.25, -0.2) is 4.79 Å². The highest BCUT2D eigenvalue weighted by molar-refractivity contribution is 5.74. The Kier molecular flexibility index (Phi) is 8.01. The fraction of sp³-hybridized carbons (Fsp3) is 0.632. The van der Waals surface area contributed by atoms with Gasteiger partial charge in [0.05, 0.1) is 19.8 Å². The molecule has 1 fully saturated rings. The van der Waals surface area contributed by atoms with Gasteiger partial charge in [0.15, 0.2) is 0 Å². The zero-order valence-corrected chi connectivity index (χ0v) is 15.6. The number of methoxy groups -OCH3 is 2. The second-order valence-corrected chi connectivity index (χ2v) is 6.78. The van der Waals surface area contributed by atoms with Crippen molar-refractivity contribution in [3.05, 3.63) is 29.8 Å². The molecule has 1 heterocycles. The van der Waals surface area contributed by atoms with Crippen molar-refractivity contribution >= 4 is 6.03 Å². The van der Waals surface area contributed by atoms with Crippen LogP contribution in [0.1, 0.15) is 25.3 Å². The third kappa shape index (κ3) is 6.92. The molecule has 1 aliphatic rings. The number of likely N-dealkylation sites (tertiary alicyclic amines) is 1. The molecule has 0 radical (unpaired) electrons. The summed E-state index contributed by atoms with van der Waals surface area (Å²) in [6.07, 6.45) is 2.23. The molecule has 0 aliphatic carbocycles. The van der Waals surface area contributed by atoms with Crippen molar-refractivity contribution in [2.75, 3.05) is 40.5 Å². The van der Waals surface area contributed by atoms with Crippen LogP contribution in [0.4, 0.5) is 4.79 Å². The number of hydrogen-bond donors (Lipinski definition) is 2. The Hall–Kier alpha value is -1.79. The molecule has 140 valence electrons. The van der Waals surface area contributed by atoms with Crippen LogP contribution in [0.5, 0.6) is 5.75 Å². The molecular formula is C19H31N3O3. The first-order chi connectivity index (χ1) is 12.1. The molecule has 0 saturated carbocycles. The minimum atomic E-state index is -0.106. The molecule has 1 aromatic rings. The van der Waals surface area contributed by atoms with Gasteiger partial charge in [-0.15, -0.1) is 0 Å². The largest absolute Gasteiger partial charge is 0.497 e. The molecule has 0 bridgehead atoms. The number of amides is 2. The Morgan fingerprint density at radius 2 is 1.92 bits per heavy atom. The first kappa shape index (κ1) is 19.5. The van der Waals surface area contributed by atoms with E-state index in [1.165, 1.54) is 5.56 Å². The predicted octanol–water partition coefficient (Wildman–Crippen LogP) is 2.24. The van der Waals surface area contributed by atoms with Crippen LogP contribution in [-0.4, -0.2) is 57.4 Å². The summed E-state index contributed by atoms with van der Waals surface area (Å²) in [5.74, 6) is 1.45. The third-order valence-electron chi connectivity index (χ3n) is 4.62. The highest BCUT2D eigenvalue weighted by Gasteiger charge is 2.20.